The first-order chi connectivity index (χ1) is 8.01. The van der Waals surface area contributed by atoms with Gasteiger partial charge in [0.15, 0.2) is 11.6 Å². The fraction of sp³-hybridized carbons (Fsp3) is 0.273. The third-order valence-corrected chi connectivity index (χ3v) is 1.95. The summed E-state index contributed by atoms with van der Waals surface area (Å²) in [7, 11) is 1.16. The Kier molecular flexibility index (Phi) is 4.14. The van der Waals surface area contributed by atoms with Crippen LogP contribution < -0.4 is 4.74 Å². The maximum Gasteiger partial charge on any atom is 0.379 e. The number of halogens is 2. The zero-order chi connectivity index (χ0) is 13.0. The van der Waals surface area contributed by atoms with Crippen molar-refractivity contribution in [3.63, 3.8) is 0 Å². The van der Waals surface area contributed by atoms with E-state index in [0.29, 0.717) is 12.1 Å². The van der Waals surface area contributed by atoms with Crippen molar-refractivity contribution >= 4 is 11.8 Å². The molecule has 1 aromatic carbocycles. The lowest BCUT2D eigenvalue weighted by Gasteiger charge is -2.06. The standard InChI is InChI=1S/C11H10F2O4/c1-3-17-11(15)10(14)6-4-8(13)9(16-2)5-7(6)12/h4-5H,3H2,1-2H3. The average molecular weight is 244 g/mol. The number of benzene rings is 1. The molecule has 0 aliphatic carbocycles. The predicted octanol–water partition coefficient (Wildman–Crippen LogP) is 1.72. The number of rotatable bonds is 4. The van der Waals surface area contributed by atoms with Gasteiger partial charge in [0.2, 0.25) is 0 Å². The van der Waals surface area contributed by atoms with Crippen LogP contribution in [0.3, 0.4) is 0 Å². The number of hydrogen-bond donors (Lipinski definition) is 0. The summed E-state index contributed by atoms with van der Waals surface area (Å²) in [4.78, 5) is 22.5. The van der Waals surface area contributed by atoms with Gasteiger partial charge in [-0.3, -0.25) is 4.79 Å². The summed E-state index contributed by atoms with van der Waals surface area (Å²) in [5, 5.41) is 0. The average Bonchev–Trinajstić information content (AvgIpc) is 2.31. The molecule has 0 N–H and O–H groups in total. The second-order valence-corrected chi connectivity index (χ2v) is 3.02. The number of ketones is 1. The monoisotopic (exact) mass is 244 g/mol. The molecular weight excluding hydrogens is 234 g/mol. The Morgan fingerprint density at radius 3 is 2.41 bits per heavy atom. The van der Waals surface area contributed by atoms with E-state index in [1.165, 1.54) is 6.92 Å². The highest BCUT2D eigenvalue weighted by Crippen LogP contribution is 2.21. The molecule has 0 atom stereocenters. The van der Waals surface area contributed by atoms with Gasteiger partial charge in [-0.2, -0.15) is 0 Å². The van der Waals surface area contributed by atoms with Gasteiger partial charge in [0, 0.05) is 6.07 Å². The van der Waals surface area contributed by atoms with Crippen molar-refractivity contribution in [1.29, 1.82) is 0 Å². The molecule has 0 saturated carbocycles. The highest BCUT2D eigenvalue weighted by Gasteiger charge is 2.23. The van der Waals surface area contributed by atoms with Gasteiger partial charge in [-0.1, -0.05) is 0 Å². The Bertz CT molecular complexity index is 457. The minimum absolute atomic E-state index is 0.0230. The van der Waals surface area contributed by atoms with Gasteiger partial charge in [-0.05, 0) is 13.0 Å². The summed E-state index contributed by atoms with van der Waals surface area (Å²) >= 11 is 0. The van der Waals surface area contributed by atoms with Crippen LogP contribution in [0.5, 0.6) is 5.75 Å². The second-order valence-electron chi connectivity index (χ2n) is 3.02. The number of hydrogen-bond acceptors (Lipinski definition) is 4. The molecule has 0 aliphatic rings. The quantitative estimate of drug-likeness (QED) is 0.459. The van der Waals surface area contributed by atoms with Crippen LogP contribution in [-0.2, 0) is 9.53 Å². The molecule has 0 aliphatic heterocycles. The lowest BCUT2D eigenvalue weighted by Crippen LogP contribution is -2.19. The number of carbonyl (C=O) groups is 2. The third-order valence-electron chi connectivity index (χ3n) is 1.95. The summed E-state index contributed by atoms with van der Waals surface area (Å²) in [5.74, 6) is -4.77. The minimum atomic E-state index is -1.23. The molecule has 0 spiro atoms. The smallest absolute Gasteiger partial charge is 0.379 e. The molecule has 0 saturated heterocycles. The van der Waals surface area contributed by atoms with Gasteiger partial charge < -0.3 is 9.47 Å². The number of ether oxygens (including phenoxy) is 2. The van der Waals surface area contributed by atoms with E-state index in [1.807, 2.05) is 0 Å². The zero-order valence-corrected chi connectivity index (χ0v) is 9.25. The van der Waals surface area contributed by atoms with Crippen molar-refractivity contribution in [1.82, 2.24) is 0 Å². The van der Waals surface area contributed by atoms with Crippen molar-refractivity contribution in [2.45, 2.75) is 6.92 Å². The fourth-order valence-electron chi connectivity index (χ4n) is 1.17. The van der Waals surface area contributed by atoms with E-state index in [2.05, 4.69) is 9.47 Å². The van der Waals surface area contributed by atoms with E-state index < -0.39 is 29.0 Å². The lowest BCUT2D eigenvalue weighted by atomic mass is 10.1. The maximum atomic E-state index is 13.4. The lowest BCUT2D eigenvalue weighted by molar-refractivity contribution is -0.137. The van der Waals surface area contributed by atoms with E-state index in [0.717, 1.165) is 7.11 Å². The largest absolute Gasteiger partial charge is 0.494 e. The van der Waals surface area contributed by atoms with Crippen LogP contribution in [-0.4, -0.2) is 25.5 Å². The number of Topliss-reactive ketones (excluding diaryl/α,β-unsaturated/α-hetero) is 1. The first-order valence-corrected chi connectivity index (χ1v) is 4.75. The van der Waals surface area contributed by atoms with Crippen molar-refractivity contribution in [2.75, 3.05) is 13.7 Å². The van der Waals surface area contributed by atoms with Crippen molar-refractivity contribution < 1.29 is 27.8 Å². The van der Waals surface area contributed by atoms with E-state index in [9.17, 15) is 18.4 Å². The topological polar surface area (TPSA) is 52.6 Å². The highest BCUT2D eigenvalue weighted by atomic mass is 19.1. The second kappa shape index (κ2) is 5.38. The molecule has 1 rings (SSSR count). The summed E-state index contributed by atoms with van der Waals surface area (Å²) in [6, 6.07) is 1.30. The van der Waals surface area contributed by atoms with E-state index >= 15 is 0 Å². The van der Waals surface area contributed by atoms with Gasteiger partial charge in [0.25, 0.3) is 5.78 Å². The molecule has 1 aromatic rings. The van der Waals surface area contributed by atoms with Gasteiger partial charge in [0.1, 0.15) is 5.82 Å². The number of methoxy groups -OCH3 is 1. The summed E-state index contributed by atoms with van der Waals surface area (Å²) in [6.45, 7) is 1.47. The summed E-state index contributed by atoms with van der Waals surface area (Å²) < 4.78 is 35.6. The Balaban J connectivity index is 3.11. The van der Waals surface area contributed by atoms with E-state index in [1.54, 1.807) is 0 Å². The normalized spacial score (nSPS) is 9.88. The van der Waals surface area contributed by atoms with Crippen LogP contribution in [0.2, 0.25) is 0 Å². The summed E-state index contributed by atoms with van der Waals surface area (Å²) in [5.41, 5.74) is -0.679. The Morgan fingerprint density at radius 1 is 1.24 bits per heavy atom. The Morgan fingerprint density at radius 2 is 1.88 bits per heavy atom. The molecule has 0 amide bonds. The first-order valence-electron chi connectivity index (χ1n) is 4.75. The molecule has 4 nitrogen and oxygen atoms in total. The van der Waals surface area contributed by atoms with Crippen LogP contribution in [0.1, 0.15) is 17.3 Å². The molecule has 17 heavy (non-hydrogen) atoms. The molecule has 0 heterocycles. The van der Waals surface area contributed by atoms with E-state index in [4.69, 9.17) is 0 Å². The minimum Gasteiger partial charge on any atom is -0.494 e. The van der Waals surface area contributed by atoms with Crippen LogP contribution in [0.15, 0.2) is 12.1 Å². The molecule has 0 bridgehead atoms. The van der Waals surface area contributed by atoms with E-state index in [-0.39, 0.29) is 12.4 Å². The molecule has 0 aromatic heterocycles. The molecule has 0 fully saturated rings. The van der Waals surface area contributed by atoms with Crippen molar-refractivity contribution in [3.8, 4) is 5.75 Å². The predicted molar refractivity (Wildman–Crippen MR) is 53.9 cm³/mol. The first kappa shape index (κ1) is 13.1. The van der Waals surface area contributed by atoms with Crippen molar-refractivity contribution in [2.24, 2.45) is 0 Å². The van der Waals surface area contributed by atoms with Gasteiger partial charge in [-0.15, -0.1) is 0 Å². The molecule has 0 unspecified atom stereocenters. The fourth-order valence-corrected chi connectivity index (χ4v) is 1.17. The molecule has 0 radical (unpaired) electrons. The van der Waals surface area contributed by atoms with Crippen LogP contribution in [0.4, 0.5) is 8.78 Å². The van der Waals surface area contributed by atoms with Gasteiger partial charge in [0.05, 0.1) is 19.3 Å². The van der Waals surface area contributed by atoms with Gasteiger partial charge in [-0.25, -0.2) is 13.6 Å². The number of esters is 1. The maximum absolute atomic E-state index is 13.4. The molecular formula is C11H10F2O4. The molecule has 6 heteroatoms. The summed E-state index contributed by atoms with van der Waals surface area (Å²) in [6.07, 6.45) is 0. The number of carbonyl (C=O) groups excluding carboxylic acids is 2. The highest BCUT2D eigenvalue weighted by molar-refractivity contribution is 6.40. The van der Waals surface area contributed by atoms with Crippen LogP contribution in [0.25, 0.3) is 0 Å². The SMILES string of the molecule is CCOC(=O)C(=O)c1cc(F)c(OC)cc1F. The van der Waals surface area contributed by atoms with Crippen LogP contribution in [0, 0.1) is 11.6 Å². The van der Waals surface area contributed by atoms with Crippen molar-refractivity contribution in [3.05, 3.63) is 29.3 Å². The third kappa shape index (κ3) is 2.77. The van der Waals surface area contributed by atoms with Crippen LogP contribution >= 0.6 is 0 Å². The Hall–Kier alpha value is -1.98. The Labute approximate surface area is 96.1 Å². The van der Waals surface area contributed by atoms with Gasteiger partial charge >= 0.3 is 5.97 Å². The molecule has 92 valence electrons. The zero-order valence-electron chi connectivity index (χ0n) is 9.25.